The minimum atomic E-state index is 0.433. The lowest BCUT2D eigenvalue weighted by molar-refractivity contribution is -0.00189. The van der Waals surface area contributed by atoms with E-state index in [1.54, 1.807) is 0 Å². The summed E-state index contributed by atoms with van der Waals surface area (Å²) in [5.74, 6) is 0.433. The summed E-state index contributed by atoms with van der Waals surface area (Å²) in [5, 5.41) is 11.6. The van der Waals surface area contributed by atoms with Gasteiger partial charge in [0.15, 0.2) is 0 Å². The van der Waals surface area contributed by atoms with E-state index in [4.69, 9.17) is 18.9 Å². The van der Waals surface area contributed by atoms with Gasteiger partial charge in [-0.25, -0.2) is 0 Å². The highest BCUT2D eigenvalue weighted by molar-refractivity contribution is 4.97. The number of aromatic nitrogens is 3. The molecule has 0 atom stereocenters. The summed E-state index contributed by atoms with van der Waals surface area (Å²) in [6.07, 6.45) is 5.32. The van der Waals surface area contributed by atoms with Crippen molar-refractivity contribution >= 4 is 0 Å². The molecule has 0 saturated heterocycles. The summed E-state index contributed by atoms with van der Waals surface area (Å²) < 4.78 is 23.9. The molecule has 1 rings (SSSR count). The van der Waals surface area contributed by atoms with E-state index < -0.39 is 0 Å². The molecule has 0 radical (unpaired) electrons. The molecule has 8 nitrogen and oxygen atoms in total. The molecule has 1 aromatic rings. The monoisotopic (exact) mass is 414 g/mol. The Labute approximate surface area is 176 Å². The maximum absolute atomic E-state index is 5.59. The second-order valence-electron chi connectivity index (χ2n) is 7.68. The first-order valence-electron chi connectivity index (χ1n) is 11.0. The second kappa shape index (κ2) is 17.8. The van der Waals surface area contributed by atoms with E-state index in [9.17, 15) is 0 Å². The molecule has 0 amide bonds. The molecule has 29 heavy (non-hydrogen) atoms. The first-order valence-corrected chi connectivity index (χ1v) is 11.0. The molecular formula is C21H42N4O4. The van der Waals surface area contributed by atoms with Gasteiger partial charge in [-0.05, 0) is 25.2 Å². The standard InChI is InChI=1S/C21H42N4O4/c1-19(2)21-18-25(24-23-21)9-6-5-7-10-26-12-14-28-16-17-29-15-13-27-11-8-22-20(3)4/h18-20,22H,5-17H2,1-4H3. The number of nitrogens with one attached hydrogen (secondary N) is 1. The van der Waals surface area contributed by atoms with Gasteiger partial charge < -0.3 is 24.3 Å². The third kappa shape index (κ3) is 15.4. The van der Waals surface area contributed by atoms with Crippen molar-refractivity contribution in [2.45, 2.75) is 65.5 Å². The number of unbranched alkanes of at least 4 members (excludes halogenated alkanes) is 2. The predicted octanol–water partition coefficient (Wildman–Crippen LogP) is 2.64. The van der Waals surface area contributed by atoms with Gasteiger partial charge in [0.1, 0.15) is 0 Å². The fourth-order valence-corrected chi connectivity index (χ4v) is 2.52. The Kier molecular flexibility index (Phi) is 15.9. The van der Waals surface area contributed by atoms with Crippen LogP contribution in [0.25, 0.3) is 0 Å². The van der Waals surface area contributed by atoms with E-state index in [1.807, 2.05) is 10.9 Å². The van der Waals surface area contributed by atoms with Gasteiger partial charge in [0, 0.05) is 31.9 Å². The fourth-order valence-electron chi connectivity index (χ4n) is 2.52. The van der Waals surface area contributed by atoms with Crippen molar-refractivity contribution in [3.05, 3.63) is 11.9 Å². The van der Waals surface area contributed by atoms with E-state index in [2.05, 4.69) is 43.3 Å². The molecular weight excluding hydrogens is 372 g/mol. The first-order chi connectivity index (χ1) is 14.1. The SMILES string of the molecule is CC(C)NCCOCCOCCOCCOCCCCCn1cc(C(C)C)nn1. The quantitative estimate of drug-likeness (QED) is 0.329. The molecule has 1 N–H and O–H groups in total. The molecule has 1 aromatic heterocycles. The Hall–Kier alpha value is -1.06. The van der Waals surface area contributed by atoms with Crippen LogP contribution >= 0.6 is 0 Å². The van der Waals surface area contributed by atoms with Crippen LogP contribution in [0.4, 0.5) is 0 Å². The normalized spacial score (nSPS) is 11.8. The summed E-state index contributed by atoms with van der Waals surface area (Å²) in [6.45, 7) is 15.5. The molecule has 170 valence electrons. The minimum absolute atomic E-state index is 0.433. The molecule has 1 heterocycles. The first kappa shape index (κ1) is 26.0. The minimum Gasteiger partial charge on any atom is -0.379 e. The van der Waals surface area contributed by atoms with Crippen molar-refractivity contribution in [3.8, 4) is 0 Å². The Morgan fingerprint density at radius 3 is 1.93 bits per heavy atom. The zero-order chi connectivity index (χ0) is 21.2. The highest BCUT2D eigenvalue weighted by Crippen LogP contribution is 2.09. The molecule has 0 aromatic carbocycles. The molecule has 0 spiro atoms. The average Bonchev–Trinajstić information content (AvgIpc) is 3.16. The Morgan fingerprint density at radius 1 is 0.793 bits per heavy atom. The summed E-state index contributed by atoms with van der Waals surface area (Å²) >= 11 is 0. The van der Waals surface area contributed by atoms with E-state index >= 15 is 0 Å². The van der Waals surface area contributed by atoms with Crippen LogP contribution in [-0.2, 0) is 25.5 Å². The van der Waals surface area contributed by atoms with Crippen LogP contribution < -0.4 is 5.32 Å². The van der Waals surface area contributed by atoms with Crippen LogP contribution in [-0.4, -0.2) is 80.4 Å². The van der Waals surface area contributed by atoms with Crippen molar-refractivity contribution in [3.63, 3.8) is 0 Å². The Bertz CT molecular complexity index is 483. The van der Waals surface area contributed by atoms with Gasteiger partial charge in [-0.2, -0.15) is 0 Å². The molecule has 0 aliphatic rings. The van der Waals surface area contributed by atoms with E-state index in [0.717, 1.165) is 51.3 Å². The number of hydrogen-bond donors (Lipinski definition) is 1. The van der Waals surface area contributed by atoms with Gasteiger partial charge in [-0.1, -0.05) is 32.9 Å². The van der Waals surface area contributed by atoms with Crippen LogP contribution in [0.5, 0.6) is 0 Å². The van der Waals surface area contributed by atoms with Crippen molar-refractivity contribution in [2.24, 2.45) is 0 Å². The van der Waals surface area contributed by atoms with Crippen LogP contribution in [0.1, 0.15) is 58.6 Å². The van der Waals surface area contributed by atoms with Gasteiger partial charge in [0.25, 0.3) is 0 Å². The van der Waals surface area contributed by atoms with Crippen molar-refractivity contribution in [1.82, 2.24) is 20.3 Å². The second-order valence-corrected chi connectivity index (χ2v) is 7.68. The molecule has 0 aliphatic heterocycles. The van der Waals surface area contributed by atoms with Gasteiger partial charge >= 0.3 is 0 Å². The highest BCUT2D eigenvalue weighted by atomic mass is 16.6. The zero-order valence-electron chi connectivity index (χ0n) is 18.9. The van der Waals surface area contributed by atoms with Gasteiger partial charge in [0.05, 0.1) is 51.9 Å². The summed E-state index contributed by atoms with van der Waals surface area (Å²) in [6, 6.07) is 0.500. The maximum atomic E-state index is 5.59. The van der Waals surface area contributed by atoms with Gasteiger partial charge in [-0.3, -0.25) is 4.68 Å². The Morgan fingerprint density at radius 2 is 1.38 bits per heavy atom. The molecule has 0 bridgehead atoms. The summed E-state index contributed by atoms with van der Waals surface area (Å²) in [5.41, 5.74) is 1.06. The number of ether oxygens (including phenoxy) is 4. The molecule has 8 heteroatoms. The average molecular weight is 415 g/mol. The van der Waals surface area contributed by atoms with E-state index in [1.165, 1.54) is 0 Å². The lowest BCUT2D eigenvalue weighted by Gasteiger charge is -2.09. The van der Waals surface area contributed by atoms with Gasteiger partial charge in [0.2, 0.25) is 0 Å². The highest BCUT2D eigenvalue weighted by Gasteiger charge is 2.04. The summed E-state index contributed by atoms with van der Waals surface area (Å²) in [4.78, 5) is 0. The molecule has 0 fully saturated rings. The lowest BCUT2D eigenvalue weighted by Crippen LogP contribution is -2.27. The van der Waals surface area contributed by atoms with E-state index in [0.29, 0.717) is 51.6 Å². The predicted molar refractivity (Wildman–Crippen MR) is 114 cm³/mol. The number of nitrogens with zero attached hydrogens (tertiary/aromatic N) is 3. The maximum Gasteiger partial charge on any atom is 0.0852 e. The zero-order valence-corrected chi connectivity index (χ0v) is 18.9. The third-order valence-corrected chi connectivity index (χ3v) is 4.24. The Balaban J connectivity index is 1.74. The third-order valence-electron chi connectivity index (χ3n) is 4.24. The molecule has 0 aliphatic carbocycles. The molecule has 0 unspecified atom stereocenters. The number of rotatable bonds is 20. The van der Waals surface area contributed by atoms with Gasteiger partial charge in [-0.15, -0.1) is 5.10 Å². The topological polar surface area (TPSA) is 79.7 Å². The summed E-state index contributed by atoms with van der Waals surface area (Å²) in [7, 11) is 0. The molecule has 0 saturated carbocycles. The number of aryl methyl sites for hydroxylation is 1. The van der Waals surface area contributed by atoms with Crippen LogP contribution in [0.2, 0.25) is 0 Å². The van der Waals surface area contributed by atoms with E-state index in [-0.39, 0.29) is 0 Å². The van der Waals surface area contributed by atoms with Crippen molar-refractivity contribution < 1.29 is 18.9 Å². The largest absolute Gasteiger partial charge is 0.379 e. The van der Waals surface area contributed by atoms with Crippen molar-refractivity contribution in [2.75, 3.05) is 59.4 Å². The van der Waals surface area contributed by atoms with Crippen LogP contribution in [0.15, 0.2) is 6.20 Å². The van der Waals surface area contributed by atoms with Crippen molar-refractivity contribution in [1.29, 1.82) is 0 Å². The van der Waals surface area contributed by atoms with Crippen LogP contribution in [0.3, 0.4) is 0 Å². The fraction of sp³-hybridized carbons (Fsp3) is 0.905. The van der Waals surface area contributed by atoms with Crippen LogP contribution in [0, 0.1) is 0 Å². The smallest absolute Gasteiger partial charge is 0.0852 e. The number of hydrogen-bond acceptors (Lipinski definition) is 7. The lowest BCUT2D eigenvalue weighted by atomic mass is 10.2.